The van der Waals surface area contributed by atoms with E-state index < -0.39 is 5.60 Å². The average Bonchev–Trinajstić information content (AvgIpc) is 2.25. The minimum absolute atomic E-state index is 0.484. The number of halogens is 1. The number of nitrogen functional groups attached to an aromatic ring is 1. The number of benzene rings is 1. The summed E-state index contributed by atoms with van der Waals surface area (Å²) in [7, 11) is 3.89. The summed E-state index contributed by atoms with van der Waals surface area (Å²) in [5.41, 5.74) is 8.63. The average molecular weight is 260 g/mol. The molecule has 0 atom stereocenters. The van der Waals surface area contributed by atoms with Crippen molar-refractivity contribution in [1.29, 1.82) is 0 Å². The molecule has 3 N–H and O–H groups in total. The van der Waals surface area contributed by atoms with Crippen LogP contribution in [0.3, 0.4) is 0 Å². The lowest BCUT2D eigenvalue weighted by molar-refractivity contribution is 0.0751. The number of pyridine rings is 1. The van der Waals surface area contributed by atoms with Gasteiger partial charge in [-0.05, 0) is 31.4 Å². The van der Waals surface area contributed by atoms with Crippen molar-refractivity contribution in [2.45, 2.75) is 19.4 Å². The van der Waals surface area contributed by atoms with Crippen LogP contribution in [0.25, 0.3) is 10.9 Å². The van der Waals surface area contributed by atoms with E-state index in [2.05, 4.69) is 4.98 Å². The van der Waals surface area contributed by atoms with E-state index in [1.807, 2.05) is 27.8 Å². The number of hydrogen-bond donors (Lipinski definition) is 2. The summed E-state index contributed by atoms with van der Waals surface area (Å²) >= 11 is 6.22. The van der Waals surface area contributed by atoms with Gasteiger partial charge in [0, 0.05) is 5.02 Å². The highest BCUT2D eigenvalue weighted by Gasteiger charge is 2.22. The monoisotopic (exact) mass is 260 g/mol. The van der Waals surface area contributed by atoms with Crippen LogP contribution in [0, 0.1) is 0 Å². The zero-order valence-electron chi connectivity index (χ0n) is 11.0. The fourth-order valence-corrected chi connectivity index (χ4v) is 2.28. The fourth-order valence-electron chi connectivity index (χ4n) is 2.13. The zero-order chi connectivity index (χ0) is 13.7. The van der Waals surface area contributed by atoms with Gasteiger partial charge in [-0.2, -0.15) is 0 Å². The SMILES string of the molecule is Bc1cc2nc(C(C)(C)O)c(N)cc2c(B)c1Cl. The van der Waals surface area contributed by atoms with Crippen molar-refractivity contribution < 1.29 is 5.11 Å². The Bertz CT molecular complexity index is 638. The molecular formula is C12H15B2ClN2O. The van der Waals surface area contributed by atoms with E-state index in [4.69, 9.17) is 17.3 Å². The lowest BCUT2D eigenvalue weighted by Crippen LogP contribution is -2.23. The molecule has 0 unspecified atom stereocenters. The van der Waals surface area contributed by atoms with E-state index in [0.717, 1.165) is 26.9 Å². The highest BCUT2D eigenvalue weighted by molar-refractivity contribution is 6.55. The molecule has 1 aromatic heterocycles. The molecule has 0 saturated carbocycles. The molecular weight excluding hydrogens is 245 g/mol. The van der Waals surface area contributed by atoms with E-state index in [-0.39, 0.29) is 0 Å². The molecule has 18 heavy (non-hydrogen) atoms. The highest BCUT2D eigenvalue weighted by atomic mass is 35.5. The van der Waals surface area contributed by atoms with Gasteiger partial charge < -0.3 is 10.8 Å². The summed E-state index contributed by atoms with van der Waals surface area (Å²) in [5.74, 6) is 0. The van der Waals surface area contributed by atoms with Crippen LogP contribution in [-0.2, 0) is 5.60 Å². The Morgan fingerprint density at radius 1 is 1.33 bits per heavy atom. The van der Waals surface area contributed by atoms with Gasteiger partial charge in [-0.3, -0.25) is 0 Å². The van der Waals surface area contributed by atoms with Crippen molar-refractivity contribution in [3.8, 4) is 0 Å². The maximum absolute atomic E-state index is 10.1. The third kappa shape index (κ3) is 2.08. The molecule has 1 aromatic carbocycles. The van der Waals surface area contributed by atoms with E-state index in [1.54, 1.807) is 13.8 Å². The van der Waals surface area contributed by atoms with Crippen molar-refractivity contribution in [2.75, 3.05) is 5.73 Å². The Labute approximate surface area is 113 Å². The van der Waals surface area contributed by atoms with Gasteiger partial charge in [0.15, 0.2) is 0 Å². The normalized spacial score (nSPS) is 12.0. The van der Waals surface area contributed by atoms with Crippen LogP contribution in [-0.4, -0.2) is 25.8 Å². The molecule has 2 rings (SSSR count). The summed E-state index contributed by atoms with van der Waals surface area (Å²) < 4.78 is 0. The van der Waals surface area contributed by atoms with Gasteiger partial charge in [-0.1, -0.05) is 22.5 Å². The number of nitrogens with zero attached hydrogens (tertiary/aromatic N) is 1. The predicted molar refractivity (Wildman–Crippen MR) is 82.8 cm³/mol. The molecule has 3 nitrogen and oxygen atoms in total. The smallest absolute Gasteiger partial charge is 0.142 e. The number of anilines is 1. The van der Waals surface area contributed by atoms with Gasteiger partial charge in [0.25, 0.3) is 0 Å². The van der Waals surface area contributed by atoms with E-state index in [0.29, 0.717) is 11.4 Å². The van der Waals surface area contributed by atoms with Crippen LogP contribution >= 0.6 is 11.6 Å². The van der Waals surface area contributed by atoms with Gasteiger partial charge in [0.05, 0.1) is 16.9 Å². The van der Waals surface area contributed by atoms with E-state index in [1.165, 1.54) is 0 Å². The fraction of sp³-hybridized carbons (Fsp3) is 0.250. The van der Waals surface area contributed by atoms with Crippen LogP contribution in [0.2, 0.25) is 5.02 Å². The van der Waals surface area contributed by atoms with Crippen LogP contribution in [0.1, 0.15) is 19.5 Å². The third-order valence-corrected chi connectivity index (χ3v) is 3.68. The molecule has 0 radical (unpaired) electrons. The first kappa shape index (κ1) is 13.2. The number of nitrogens with two attached hydrogens (primary N) is 1. The summed E-state index contributed by atoms with van der Waals surface area (Å²) in [5, 5.41) is 11.7. The lowest BCUT2D eigenvalue weighted by atomic mass is 9.83. The molecule has 2 aromatic rings. The molecule has 0 saturated heterocycles. The van der Waals surface area contributed by atoms with Crippen molar-refractivity contribution in [3.63, 3.8) is 0 Å². The molecule has 0 bridgehead atoms. The van der Waals surface area contributed by atoms with Crippen molar-refractivity contribution in [3.05, 3.63) is 22.8 Å². The first-order valence-corrected chi connectivity index (χ1v) is 6.18. The van der Waals surface area contributed by atoms with Crippen molar-refractivity contribution in [2.24, 2.45) is 0 Å². The number of aliphatic hydroxyl groups is 1. The van der Waals surface area contributed by atoms with Gasteiger partial charge in [0.1, 0.15) is 21.3 Å². The second-order valence-corrected chi connectivity index (χ2v) is 5.56. The number of hydrogen-bond acceptors (Lipinski definition) is 3. The Kier molecular flexibility index (Phi) is 3.07. The minimum Gasteiger partial charge on any atom is -0.397 e. The van der Waals surface area contributed by atoms with Crippen LogP contribution in [0.5, 0.6) is 0 Å². The van der Waals surface area contributed by atoms with E-state index >= 15 is 0 Å². The first-order chi connectivity index (χ1) is 8.21. The van der Waals surface area contributed by atoms with Crippen molar-refractivity contribution in [1.82, 2.24) is 4.98 Å². The van der Waals surface area contributed by atoms with Gasteiger partial charge in [0.2, 0.25) is 0 Å². The van der Waals surface area contributed by atoms with Gasteiger partial charge >= 0.3 is 0 Å². The molecule has 0 fully saturated rings. The lowest BCUT2D eigenvalue weighted by Gasteiger charge is -2.20. The summed E-state index contributed by atoms with van der Waals surface area (Å²) in [6.45, 7) is 3.35. The molecule has 0 aliphatic rings. The molecule has 0 aliphatic heterocycles. The quantitative estimate of drug-likeness (QED) is 0.661. The first-order valence-electron chi connectivity index (χ1n) is 5.80. The Morgan fingerprint density at radius 3 is 2.50 bits per heavy atom. The van der Waals surface area contributed by atoms with Crippen LogP contribution in [0.15, 0.2) is 12.1 Å². The molecule has 1 heterocycles. The Hall–Kier alpha value is -1.19. The largest absolute Gasteiger partial charge is 0.397 e. The molecule has 92 valence electrons. The number of aromatic nitrogens is 1. The molecule has 0 spiro atoms. The Morgan fingerprint density at radius 2 is 1.94 bits per heavy atom. The predicted octanol–water partition coefficient (Wildman–Crippen LogP) is -0.785. The van der Waals surface area contributed by atoms with Crippen LogP contribution in [0.4, 0.5) is 5.69 Å². The van der Waals surface area contributed by atoms with E-state index in [9.17, 15) is 5.11 Å². The summed E-state index contributed by atoms with van der Waals surface area (Å²) in [6.07, 6.45) is 0. The van der Waals surface area contributed by atoms with Crippen LogP contribution < -0.4 is 16.7 Å². The maximum atomic E-state index is 10.1. The standard InChI is InChI=1S/C12H15B2ClN2O/c1-12(2,18)11-7(16)3-5-8(17-11)4-6(13)10(15)9(5)14/h3-4,18H,13-14,16H2,1-2H3. The number of fused-ring (bicyclic) bond motifs is 1. The molecule has 0 amide bonds. The van der Waals surface area contributed by atoms with Gasteiger partial charge in [-0.15, -0.1) is 0 Å². The second-order valence-electron chi connectivity index (χ2n) is 5.18. The second kappa shape index (κ2) is 4.18. The topological polar surface area (TPSA) is 59.1 Å². The summed E-state index contributed by atoms with van der Waals surface area (Å²) in [6, 6.07) is 3.75. The molecule has 0 aliphatic carbocycles. The Balaban J connectivity index is 2.85. The van der Waals surface area contributed by atoms with Gasteiger partial charge in [-0.25, -0.2) is 4.98 Å². The highest BCUT2D eigenvalue weighted by Crippen LogP contribution is 2.26. The maximum Gasteiger partial charge on any atom is 0.142 e. The number of rotatable bonds is 1. The third-order valence-electron chi connectivity index (χ3n) is 3.09. The minimum atomic E-state index is -1.06. The molecule has 6 heteroatoms. The zero-order valence-corrected chi connectivity index (χ0v) is 11.8. The summed E-state index contributed by atoms with van der Waals surface area (Å²) in [4.78, 5) is 4.48. The van der Waals surface area contributed by atoms with Crippen molar-refractivity contribution >= 4 is 54.8 Å².